The van der Waals surface area contributed by atoms with Crippen LogP contribution in [-0.4, -0.2) is 76.9 Å². The van der Waals surface area contributed by atoms with Crippen LogP contribution in [0.5, 0.6) is 11.8 Å². The fourth-order valence-corrected chi connectivity index (χ4v) is 6.14. The summed E-state index contributed by atoms with van der Waals surface area (Å²) in [6.45, 7) is 9.09. The van der Waals surface area contributed by atoms with Crippen molar-refractivity contribution in [2.45, 2.75) is 64.6 Å². The third kappa shape index (κ3) is 5.83. The van der Waals surface area contributed by atoms with Crippen molar-refractivity contribution in [3.8, 4) is 23.0 Å². The number of ether oxygens (including phenoxy) is 1. The molecule has 3 aliphatic rings. The van der Waals surface area contributed by atoms with E-state index >= 15 is 4.39 Å². The second kappa shape index (κ2) is 12.7. The molecule has 5 heterocycles. The number of phenolic OH excluding ortho intramolecular Hbond substituents is 1. The molecule has 10 heteroatoms. The molecule has 8 nitrogen and oxygen atoms in total. The minimum Gasteiger partial charge on any atom is -0.508 e. The Bertz CT molecular complexity index is 1550. The summed E-state index contributed by atoms with van der Waals surface area (Å²) in [7, 11) is 3.63. The lowest BCUT2D eigenvalue weighted by molar-refractivity contribution is 0.331. The summed E-state index contributed by atoms with van der Waals surface area (Å²) >= 11 is 0. The molecule has 2 aromatic carbocycles. The number of fused-ring (bicyclic) bond motifs is 4. The number of pyridine rings is 1. The highest BCUT2D eigenvalue weighted by atomic mass is 19.1. The highest BCUT2D eigenvalue weighted by molar-refractivity contribution is 6.00. The van der Waals surface area contributed by atoms with E-state index in [1.807, 2.05) is 13.8 Å². The standard InChI is InChI=1S/C24H21F2N5O2.C6H13N.C2H6/c1-33-24-29-22-17(23(30-24)31-10-13-5-6-14(11-31)28-13)9-27-21(20(22)26)16-8-15(32)7-12-3-2-4-18(25)19(12)16;1-6-4-3-5-7(6)2;1-2/h2-4,7-9,13-14,28,32H,5-6,10-11H2,1H3;6H,3-5H2,1-2H3;1-2H3. The first-order valence-corrected chi connectivity index (χ1v) is 14.9. The number of nitrogens with zero attached hydrogens (tertiary/aromatic N) is 5. The van der Waals surface area contributed by atoms with Crippen molar-refractivity contribution >= 4 is 27.5 Å². The number of aromatic nitrogens is 3. The Hall–Kier alpha value is -3.63. The molecule has 0 spiro atoms. The number of likely N-dealkylation sites (tertiary alicyclic amines) is 1. The summed E-state index contributed by atoms with van der Waals surface area (Å²) in [6, 6.07) is 8.85. The average molecular weight is 579 g/mol. The second-order valence-corrected chi connectivity index (χ2v) is 11.1. The number of hydrogen-bond acceptors (Lipinski definition) is 8. The zero-order chi connectivity index (χ0) is 30.0. The van der Waals surface area contributed by atoms with Crippen molar-refractivity contribution in [3.63, 3.8) is 0 Å². The van der Waals surface area contributed by atoms with E-state index in [9.17, 15) is 9.50 Å². The summed E-state index contributed by atoms with van der Waals surface area (Å²) in [5.41, 5.74) is 0.1000. The van der Waals surface area contributed by atoms with Gasteiger partial charge in [-0.05, 0) is 69.8 Å². The molecule has 2 N–H and O–H groups in total. The minimum atomic E-state index is -0.720. The van der Waals surface area contributed by atoms with Crippen molar-refractivity contribution in [1.82, 2.24) is 25.2 Å². The fourth-order valence-electron chi connectivity index (χ4n) is 6.14. The van der Waals surface area contributed by atoms with Crippen LogP contribution in [-0.2, 0) is 0 Å². The summed E-state index contributed by atoms with van der Waals surface area (Å²) in [5.74, 6) is -0.787. The zero-order valence-electron chi connectivity index (χ0n) is 25.0. The molecule has 7 rings (SSSR count). The van der Waals surface area contributed by atoms with Crippen LogP contribution in [0.1, 0.15) is 46.5 Å². The lowest BCUT2D eigenvalue weighted by Gasteiger charge is -2.34. The van der Waals surface area contributed by atoms with Gasteiger partial charge in [0.05, 0.1) is 12.5 Å². The number of nitrogens with one attached hydrogen (secondary N) is 1. The Morgan fingerprint density at radius 2 is 1.79 bits per heavy atom. The summed E-state index contributed by atoms with van der Waals surface area (Å²) in [4.78, 5) is 17.7. The van der Waals surface area contributed by atoms with Crippen molar-refractivity contribution in [3.05, 3.63) is 48.2 Å². The predicted molar refractivity (Wildman–Crippen MR) is 163 cm³/mol. The van der Waals surface area contributed by atoms with Crippen LogP contribution < -0.4 is 15.0 Å². The van der Waals surface area contributed by atoms with Gasteiger partial charge in [-0.25, -0.2) is 8.78 Å². The van der Waals surface area contributed by atoms with E-state index in [0.29, 0.717) is 28.7 Å². The molecule has 4 aromatic rings. The normalized spacial score (nSPS) is 21.6. The smallest absolute Gasteiger partial charge is 0.318 e. The molecule has 2 aromatic heterocycles. The molecule has 3 aliphatic heterocycles. The maximum absolute atomic E-state index is 15.9. The molecule has 3 atom stereocenters. The summed E-state index contributed by atoms with van der Waals surface area (Å²) in [5, 5.41) is 14.9. The average Bonchev–Trinajstić information content (AvgIpc) is 3.55. The van der Waals surface area contributed by atoms with Crippen molar-refractivity contribution in [2.24, 2.45) is 0 Å². The number of piperazine rings is 1. The highest BCUT2D eigenvalue weighted by Gasteiger charge is 2.34. The van der Waals surface area contributed by atoms with E-state index in [0.717, 1.165) is 32.0 Å². The Balaban J connectivity index is 0.000000341. The first-order valence-electron chi connectivity index (χ1n) is 14.9. The number of phenols is 1. The third-order valence-electron chi connectivity index (χ3n) is 8.39. The van der Waals surface area contributed by atoms with Crippen LogP contribution >= 0.6 is 0 Å². The monoisotopic (exact) mass is 578 g/mol. The molecule has 42 heavy (non-hydrogen) atoms. The van der Waals surface area contributed by atoms with Gasteiger partial charge >= 0.3 is 6.01 Å². The first-order chi connectivity index (χ1) is 20.3. The molecule has 0 amide bonds. The van der Waals surface area contributed by atoms with Crippen LogP contribution in [0.25, 0.3) is 32.9 Å². The number of hydrogen-bond donors (Lipinski definition) is 2. The first kappa shape index (κ1) is 29.8. The molecule has 3 unspecified atom stereocenters. The van der Waals surface area contributed by atoms with Crippen molar-refractivity contribution < 1.29 is 18.6 Å². The van der Waals surface area contributed by atoms with Gasteiger partial charge < -0.3 is 25.0 Å². The van der Waals surface area contributed by atoms with E-state index in [1.54, 1.807) is 6.07 Å². The van der Waals surface area contributed by atoms with Gasteiger partial charge in [0.15, 0.2) is 5.82 Å². The van der Waals surface area contributed by atoms with Gasteiger partial charge in [0.2, 0.25) is 0 Å². The second-order valence-electron chi connectivity index (χ2n) is 11.1. The third-order valence-corrected chi connectivity index (χ3v) is 8.39. The van der Waals surface area contributed by atoms with E-state index < -0.39 is 11.6 Å². The number of methoxy groups -OCH3 is 1. The Morgan fingerprint density at radius 3 is 2.40 bits per heavy atom. The van der Waals surface area contributed by atoms with Crippen LogP contribution in [0, 0.1) is 11.6 Å². The van der Waals surface area contributed by atoms with Crippen molar-refractivity contribution in [1.29, 1.82) is 0 Å². The number of aromatic hydroxyl groups is 1. The van der Waals surface area contributed by atoms with Gasteiger partial charge in [-0.1, -0.05) is 26.0 Å². The molecule has 0 saturated carbocycles. The zero-order valence-corrected chi connectivity index (χ0v) is 25.0. The Morgan fingerprint density at radius 1 is 1.05 bits per heavy atom. The highest BCUT2D eigenvalue weighted by Crippen LogP contribution is 2.38. The Labute approximate surface area is 245 Å². The summed E-state index contributed by atoms with van der Waals surface area (Å²) in [6.07, 6.45) is 6.50. The molecule has 0 radical (unpaired) electrons. The van der Waals surface area contributed by atoms with E-state index in [2.05, 4.69) is 44.0 Å². The maximum Gasteiger partial charge on any atom is 0.318 e. The van der Waals surface area contributed by atoms with Crippen molar-refractivity contribution in [2.75, 3.05) is 38.7 Å². The molecule has 3 fully saturated rings. The molecule has 3 saturated heterocycles. The predicted octanol–water partition coefficient (Wildman–Crippen LogP) is 5.90. The van der Waals surface area contributed by atoms with E-state index in [1.165, 1.54) is 57.0 Å². The number of benzene rings is 2. The number of halogens is 2. The SMILES string of the molecule is CC.CC1CCCN1C.COc1nc(N2CC3CCC(C2)N3)c2cnc(-c3cc(O)cc4cccc(F)c34)c(F)c2n1. The molecular formula is C32H40F2N6O2. The van der Waals surface area contributed by atoms with Gasteiger partial charge in [-0.3, -0.25) is 4.98 Å². The maximum atomic E-state index is 15.9. The number of anilines is 1. The lowest BCUT2D eigenvalue weighted by Crippen LogP contribution is -2.51. The quantitative estimate of drug-likeness (QED) is 0.311. The van der Waals surface area contributed by atoms with Crippen LogP contribution in [0.3, 0.4) is 0 Å². The van der Waals surface area contributed by atoms with Crippen LogP contribution in [0.2, 0.25) is 0 Å². The van der Waals surface area contributed by atoms with Gasteiger partial charge in [-0.2, -0.15) is 9.97 Å². The van der Waals surface area contributed by atoms with Gasteiger partial charge in [0.1, 0.15) is 28.6 Å². The minimum absolute atomic E-state index is 0.0422. The largest absolute Gasteiger partial charge is 0.508 e. The lowest BCUT2D eigenvalue weighted by atomic mass is 9.99. The summed E-state index contributed by atoms with van der Waals surface area (Å²) < 4.78 is 35.9. The van der Waals surface area contributed by atoms with Crippen LogP contribution in [0.4, 0.5) is 14.6 Å². The molecule has 224 valence electrons. The molecular weight excluding hydrogens is 538 g/mol. The van der Waals surface area contributed by atoms with Gasteiger partial charge in [-0.15, -0.1) is 0 Å². The van der Waals surface area contributed by atoms with Gasteiger partial charge in [0, 0.05) is 48.4 Å². The fraction of sp³-hybridized carbons (Fsp3) is 0.469. The van der Waals surface area contributed by atoms with E-state index in [4.69, 9.17) is 4.74 Å². The van der Waals surface area contributed by atoms with E-state index in [-0.39, 0.29) is 33.9 Å². The van der Waals surface area contributed by atoms with Crippen LogP contribution in [0.15, 0.2) is 36.5 Å². The number of rotatable bonds is 3. The van der Waals surface area contributed by atoms with Gasteiger partial charge in [0.25, 0.3) is 0 Å². The molecule has 2 bridgehead atoms. The Kier molecular flexibility index (Phi) is 9.03. The molecule has 0 aliphatic carbocycles. The topological polar surface area (TPSA) is 86.6 Å².